The molecule has 23 heavy (non-hydrogen) atoms. The van der Waals surface area contributed by atoms with Crippen molar-refractivity contribution < 1.29 is 14.4 Å². The zero-order valence-electron chi connectivity index (χ0n) is 13.3. The molecule has 0 aliphatic carbocycles. The van der Waals surface area contributed by atoms with E-state index in [9.17, 15) is 14.4 Å². The highest BCUT2D eigenvalue weighted by atomic mass is 16.2. The number of carbonyl (C=O) groups is 3. The quantitative estimate of drug-likeness (QED) is 0.766. The first kappa shape index (κ1) is 15.5. The van der Waals surface area contributed by atoms with Gasteiger partial charge in [0.05, 0.1) is 0 Å². The number of urea groups is 1. The molecule has 8 nitrogen and oxygen atoms in total. The number of rotatable bonds is 4. The Bertz CT molecular complexity index is 655. The molecule has 1 saturated heterocycles. The Hall–Kier alpha value is -2.38. The molecule has 0 aromatic carbocycles. The summed E-state index contributed by atoms with van der Waals surface area (Å²) in [5.41, 5.74) is -0.909. The van der Waals surface area contributed by atoms with Crippen molar-refractivity contribution in [3.63, 3.8) is 0 Å². The molecule has 124 valence electrons. The maximum Gasteiger partial charge on any atom is 0.325 e. The molecule has 2 aliphatic heterocycles. The van der Waals surface area contributed by atoms with Crippen LogP contribution in [0.3, 0.4) is 0 Å². The van der Waals surface area contributed by atoms with Gasteiger partial charge in [-0.1, -0.05) is 6.92 Å². The van der Waals surface area contributed by atoms with Gasteiger partial charge in [0, 0.05) is 31.4 Å². The molecule has 4 amide bonds. The molecule has 2 atom stereocenters. The van der Waals surface area contributed by atoms with Gasteiger partial charge in [-0.25, -0.2) is 9.78 Å². The monoisotopic (exact) mass is 319 g/mol. The number of hydrogen-bond acceptors (Lipinski definition) is 4. The summed E-state index contributed by atoms with van der Waals surface area (Å²) in [6.07, 6.45) is 5.72. The highest BCUT2D eigenvalue weighted by Crippen LogP contribution is 2.20. The third-order valence-corrected chi connectivity index (χ3v) is 4.65. The lowest BCUT2D eigenvalue weighted by molar-refractivity contribution is -0.134. The summed E-state index contributed by atoms with van der Waals surface area (Å²) in [5.74, 6) is 0.353. The minimum absolute atomic E-state index is 0.0116. The normalized spacial score (nSPS) is 26.9. The Morgan fingerprint density at radius 2 is 2.30 bits per heavy atom. The van der Waals surface area contributed by atoms with Crippen LogP contribution in [-0.2, 0) is 22.6 Å². The Kier molecular flexibility index (Phi) is 3.83. The molecular formula is C15H21N5O3. The summed E-state index contributed by atoms with van der Waals surface area (Å²) in [6, 6.07) is -0.516. The highest BCUT2D eigenvalue weighted by molar-refractivity contribution is 6.08. The Morgan fingerprint density at radius 3 is 3.00 bits per heavy atom. The second-order valence-corrected chi connectivity index (χ2v) is 6.31. The van der Waals surface area contributed by atoms with Crippen LogP contribution in [0, 0.1) is 0 Å². The van der Waals surface area contributed by atoms with Gasteiger partial charge in [0.25, 0.3) is 5.91 Å². The van der Waals surface area contributed by atoms with Gasteiger partial charge in [-0.05, 0) is 19.8 Å². The van der Waals surface area contributed by atoms with E-state index in [1.807, 2.05) is 17.7 Å². The molecule has 2 aliphatic rings. The maximum absolute atomic E-state index is 12.3. The van der Waals surface area contributed by atoms with Crippen molar-refractivity contribution in [2.24, 2.45) is 0 Å². The fraction of sp³-hybridized carbons (Fsp3) is 0.600. The van der Waals surface area contributed by atoms with Crippen LogP contribution in [0.1, 0.15) is 32.5 Å². The average molecular weight is 319 g/mol. The van der Waals surface area contributed by atoms with Crippen LogP contribution in [0.25, 0.3) is 0 Å². The van der Waals surface area contributed by atoms with Gasteiger partial charge in [0.15, 0.2) is 0 Å². The van der Waals surface area contributed by atoms with E-state index < -0.39 is 11.6 Å². The molecule has 1 aromatic rings. The van der Waals surface area contributed by atoms with Crippen LogP contribution < -0.4 is 10.6 Å². The molecule has 0 radical (unpaired) electrons. The Labute approximate surface area is 134 Å². The van der Waals surface area contributed by atoms with Crippen LogP contribution in [-0.4, -0.2) is 50.4 Å². The lowest BCUT2D eigenvalue weighted by atomic mass is 9.99. The van der Waals surface area contributed by atoms with E-state index in [2.05, 4.69) is 15.6 Å². The van der Waals surface area contributed by atoms with Crippen molar-refractivity contribution in [1.29, 1.82) is 0 Å². The Balaban J connectivity index is 1.58. The lowest BCUT2D eigenvalue weighted by Gasteiger charge is -2.25. The van der Waals surface area contributed by atoms with Crippen molar-refractivity contribution in [2.75, 3.05) is 6.54 Å². The van der Waals surface area contributed by atoms with E-state index in [0.717, 1.165) is 23.6 Å². The standard InChI is InChI=1S/C15H21N5O3/c1-3-15(2)13(22)20(14(23)18-15)9-12(21)17-10-4-5-11-16-6-7-19(11)8-10/h6-7,10H,3-5,8-9H2,1-2H3,(H,17,21)(H,18,23)/t10-,15-/m1/s1. The second kappa shape index (κ2) is 5.68. The molecule has 2 N–H and O–H groups in total. The van der Waals surface area contributed by atoms with Crippen molar-refractivity contribution in [3.05, 3.63) is 18.2 Å². The van der Waals surface area contributed by atoms with E-state index in [1.165, 1.54) is 0 Å². The number of fused-ring (bicyclic) bond motifs is 1. The van der Waals surface area contributed by atoms with Crippen molar-refractivity contribution in [1.82, 2.24) is 25.1 Å². The molecule has 8 heteroatoms. The van der Waals surface area contributed by atoms with Crippen LogP contribution in [0.4, 0.5) is 4.79 Å². The zero-order valence-corrected chi connectivity index (χ0v) is 13.3. The number of nitrogens with zero attached hydrogens (tertiary/aromatic N) is 3. The molecule has 0 unspecified atom stereocenters. The van der Waals surface area contributed by atoms with Crippen molar-refractivity contribution in [2.45, 2.75) is 51.2 Å². The third-order valence-electron chi connectivity index (χ3n) is 4.65. The van der Waals surface area contributed by atoms with Gasteiger partial charge in [0.2, 0.25) is 5.91 Å². The average Bonchev–Trinajstić information content (AvgIpc) is 3.06. The molecular weight excluding hydrogens is 298 g/mol. The van der Waals surface area contributed by atoms with Crippen LogP contribution >= 0.6 is 0 Å². The highest BCUT2D eigenvalue weighted by Gasteiger charge is 2.47. The maximum atomic E-state index is 12.3. The fourth-order valence-corrected chi connectivity index (χ4v) is 3.03. The summed E-state index contributed by atoms with van der Waals surface area (Å²) in [6.45, 7) is 3.92. The largest absolute Gasteiger partial charge is 0.350 e. The Morgan fingerprint density at radius 1 is 1.52 bits per heavy atom. The number of nitrogens with one attached hydrogen (secondary N) is 2. The molecule has 3 heterocycles. The first-order chi connectivity index (χ1) is 10.9. The summed E-state index contributed by atoms with van der Waals surface area (Å²) >= 11 is 0. The summed E-state index contributed by atoms with van der Waals surface area (Å²) in [5, 5.41) is 5.54. The molecule has 3 rings (SSSR count). The third kappa shape index (κ3) is 2.80. The van der Waals surface area contributed by atoms with Crippen molar-refractivity contribution >= 4 is 17.8 Å². The minimum Gasteiger partial charge on any atom is -0.350 e. The number of imidazole rings is 1. The number of aryl methyl sites for hydroxylation is 1. The van der Waals surface area contributed by atoms with Gasteiger partial charge in [0.1, 0.15) is 17.9 Å². The van der Waals surface area contributed by atoms with Gasteiger partial charge < -0.3 is 15.2 Å². The molecule has 0 saturated carbocycles. The fourth-order valence-electron chi connectivity index (χ4n) is 3.03. The molecule has 1 fully saturated rings. The van der Waals surface area contributed by atoms with Crippen LogP contribution in [0.2, 0.25) is 0 Å². The predicted octanol–water partition coefficient (Wildman–Crippen LogP) is 0.0346. The molecule has 1 aromatic heterocycles. The number of carbonyl (C=O) groups excluding carboxylic acids is 3. The number of imide groups is 1. The molecule has 0 spiro atoms. The zero-order chi connectivity index (χ0) is 16.6. The number of hydrogen-bond donors (Lipinski definition) is 2. The summed E-state index contributed by atoms with van der Waals surface area (Å²) in [7, 11) is 0. The van der Waals surface area contributed by atoms with Crippen LogP contribution in [0.5, 0.6) is 0 Å². The van der Waals surface area contributed by atoms with Gasteiger partial charge in [-0.2, -0.15) is 0 Å². The van der Waals surface area contributed by atoms with Crippen molar-refractivity contribution in [3.8, 4) is 0 Å². The van der Waals surface area contributed by atoms with Gasteiger partial charge in [-0.3, -0.25) is 14.5 Å². The summed E-state index contributed by atoms with van der Waals surface area (Å²) < 4.78 is 2.01. The van der Waals surface area contributed by atoms with E-state index in [4.69, 9.17) is 0 Å². The van der Waals surface area contributed by atoms with E-state index in [0.29, 0.717) is 13.0 Å². The topological polar surface area (TPSA) is 96.3 Å². The number of amides is 4. The second-order valence-electron chi connectivity index (χ2n) is 6.31. The predicted molar refractivity (Wildman–Crippen MR) is 81.4 cm³/mol. The SMILES string of the molecule is CC[C@@]1(C)NC(=O)N(CC(=O)N[C@@H]2CCc3nccn3C2)C1=O. The number of aromatic nitrogens is 2. The lowest BCUT2D eigenvalue weighted by Crippen LogP contribution is -2.47. The van der Waals surface area contributed by atoms with Gasteiger partial charge in [-0.15, -0.1) is 0 Å². The minimum atomic E-state index is -0.909. The van der Waals surface area contributed by atoms with Gasteiger partial charge >= 0.3 is 6.03 Å². The van der Waals surface area contributed by atoms with E-state index in [-0.39, 0.29) is 24.4 Å². The first-order valence-corrected chi connectivity index (χ1v) is 7.86. The molecule has 0 bridgehead atoms. The van der Waals surface area contributed by atoms with E-state index in [1.54, 1.807) is 13.1 Å². The smallest absolute Gasteiger partial charge is 0.325 e. The van der Waals surface area contributed by atoms with Crippen LogP contribution in [0.15, 0.2) is 12.4 Å². The summed E-state index contributed by atoms with van der Waals surface area (Å²) in [4.78, 5) is 41.6. The first-order valence-electron chi connectivity index (χ1n) is 7.86. The van der Waals surface area contributed by atoms with E-state index >= 15 is 0 Å².